The first-order valence-electron chi connectivity index (χ1n) is 7.51. The molecule has 0 atom stereocenters. The van der Waals surface area contributed by atoms with Gasteiger partial charge in [-0.05, 0) is 36.4 Å². The largest absolute Gasteiger partial charge is 0.491 e. The molecule has 2 aromatic carbocycles. The van der Waals surface area contributed by atoms with Gasteiger partial charge in [-0.3, -0.25) is 0 Å². The molecule has 0 fully saturated rings. The molecule has 3 aromatic rings. The summed E-state index contributed by atoms with van der Waals surface area (Å²) in [5.41, 5.74) is 0. The monoisotopic (exact) mass is 430 g/mol. The van der Waals surface area contributed by atoms with Crippen LogP contribution in [-0.2, 0) is 6.61 Å². The molecule has 0 bridgehead atoms. The summed E-state index contributed by atoms with van der Waals surface area (Å²) in [7, 11) is 0. The van der Waals surface area contributed by atoms with Crippen LogP contribution in [0.15, 0.2) is 52.1 Å². The Morgan fingerprint density at radius 1 is 0.923 bits per heavy atom. The highest BCUT2D eigenvalue weighted by atomic mass is 35.5. The standard InChI is InChI=1S/C17H13Cl3N2O3S/c18-11-1-4-13(5-2-11)24-10-16-21-22-17(25-16)26-8-7-23-15-9-12(19)3-6-14(15)20/h1-6,9H,7-8,10H2. The summed E-state index contributed by atoms with van der Waals surface area (Å²) in [6.07, 6.45) is 0. The first kappa shape index (κ1) is 19.2. The Labute approximate surface area is 169 Å². The molecule has 136 valence electrons. The Hall–Kier alpha value is -1.60. The topological polar surface area (TPSA) is 57.4 Å². The molecule has 0 aliphatic carbocycles. The first-order valence-corrected chi connectivity index (χ1v) is 9.63. The maximum absolute atomic E-state index is 6.04. The maximum Gasteiger partial charge on any atom is 0.276 e. The predicted octanol–water partition coefficient (Wildman–Crippen LogP) is 5.78. The van der Waals surface area contributed by atoms with Crippen molar-refractivity contribution in [3.05, 3.63) is 63.4 Å². The van der Waals surface area contributed by atoms with E-state index in [0.717, 1.165) is 0 Å². The molecule has 0 radical (unpaired) electrons. The Morgan fingerprint density at radius 2 is 1.69 bits per heavy atom. The van der Waals surface area contributed by atoms with E-state index in [2.05, 4.69) is 10.2 Å². The zero-order chi connectivity index (χ0) is 18.4. The highest BCUT2D eigenvalue weighted by molar-refractivity contribution is 7.99. The van der Waals surface area contributed by atoms with Crippen LogP contribution in [0, 0.1) is 0 Å². The Bertz CT molecular complexity index is 859. The summed E-state index contributed by atoms with van der Waals surface area (Å²) in [6.45, 7) is 0.605. The lowest BCUT2D eigenvalue weighted by Gasteiger charge is -2.07. The number of nitrogens with zero attached hydrogens (tertiary/aromatic N) is 2. The molecule has 0 spiro atoms. The number of hydrogen-bond donors (Lipinski definition) is 0. The molecule has 0 saturated heterocycles. The lowest BCUT2D eigenvalue weighted by Crippen LogP contribution is -2.00. The third-order valence-corrected chi connectivity index (χ3v) is 4.67. The van der Waals surface area contributed by atoms with E-state index in [9.17, 15) is 0 Å². The van der Waals surface area contributed by atoms with Crippen molar-refractivity contribution < 1.29 is 13.9 Å². The van der Waals surface area contributed by atoms with Gasteiger partial charge < -0.3 is 13.9 Å². The number of thioether (sulfide) groups is 1. The number of aromatic nitrogens is 2. The van der Waals surface area contributed by atoms with Crippen molar-refractivity contribution >= 4 is 46.6 Å². The molecule has 0 amide bonds. The van der Waals surface area contributed by atoms with E-state index < -0.39 is 0 Å². The van der Waals surface area contributed by atoms with Gasteiger partial charge in [0.25, 0.3) is 11.1 Å². The Morgan fingerprint density at radius 3 is 2.50 bits per heavy atom. The van der Waals surface area contributed by atoms with Crippen molar-refractivity contribution in [2.24, 2.45) is 0 Å². The van der Waals surface area contributed by atoms with Crippen LogP contribution in [0.1, 0.15) is 5.89 Å². The quantitative estimate of drug-likeness (QED) is 0.333. The van der Waals surface area contributed by atoms with E-state index in [1.165, 1.54) is 11.8 Å². The van der Waals surface area contributed by atoms with Gasteiger partial charge in [-0.1, -0.05) is 46.6 Å². The summed E-state index contributed by atoms with van der Waals surface area (Å²) in [5.74, 6) is 2.22. The molecule has 1 heterocycles. The molecule has 0 unspecified atom stereocenters. The molecule has 3 rings (SSSR count). The second kappa shape index (κ2) is 9.37. The normalized spacial score (nSPS) is 10.7. The van der Waals surface area contributed by atoms with Crippen molar-refractivity contribution in [1.29, 1.82) is 0 Å². The summed E-state index contributed by atoms with van der Waals surface area (Å²) in [6, 6.07) is 12.1. The molecule has 1 aromatic heterocycles. The minimum Gasteiger partial charge on any atom is -0.491 e. The third-order valence-electron chi connectivity index (χ3n) is 3.08. The van der Waals surface area contributed by atoms with Crippen LogP contribution < -0.4 is 9.47 Å². The van der Waals surface area contributed by atoms with Gasteiger partial charge in [-0.25, -0.2) is 0 Å². The smallest absolute Gasteiger partial charge is 0.276 e. The summed E-state index contributed by atoms with van der Waals surface area (Å²) in [4.78, 5) is 0. The van der Waals surface area contributed by atoms with Crippen molar-refractivity contribution in [3.63, 3.8) is 0 Å². The lowest BCUT2D eigenvalue weighted by molar-refractivity contribution is 0.252. The molecular formula is C17H13Cl3N2O3S. The Kier molecular flexibility index (Phi) is 6.91. The van der Waals surface area contributed by atoms with E-state index >= 15 is 0 Å². The van der Waals surface area contributed by atoms with Crippen LogP contribution in [0.2, 0.25) is 15.1 Å². The molecule has 0 aliphatic rings. The van der Waals surface area contributed by atoms with E-state index in [1.807, 2.05) is 0 Å². The van der Waals surface area contributed by atoms with Gasteiger partial charge in [-0.15, -0.1) is 10.2 Å². The fourth-order valence-corrected chi connectivity index (χ4v) is 2.95. The fraction of sp³-hybridized carbons (Fsp3) is 0.176. The third kappa shape index (κ3) is 5.71. The number of benzene rings is 2. The number of ether oxygens (including phenoxy) is 2. The lowest BCUT2D eigenvalue weighted by atomic mass is 10.3. The summed E-state index contributed by atoms with van der Waals surface area (Å²) < 4.78 is 16.7. The van der Waals surface area contributed by atoms with Crippen LogP contribution in [-0.4, -0.2) is 22.6 Å². The van der Waals surface area contributed by atoms with Crippen LogP contribution >= 0.6 is 46.6 Å². The van der Waals surface area contributed by atoms with Crippen molar-refractivity contribution in [2.75, 3.05) is 12.4 Å². The molecule has 9 heteroatoms. The zero-order valence-corrected chi connectivity index (χ0v) is 16.4. The minimum atomic E-state index is 0.184. The van der Waals surface area contributed by atoms with Crippen LogP contribution in [0.3, 0.4) is 0 Å². The van der Waals surface area contributed by atoms with Crippen LogP contribution in [0.5, 0.6) is 11.5 Å². The fourth-order valence-electron chi connectivity index (χ4n) is 1.90. The van der Waals surface area contributed by atoms with Gasteiger partial charge in [-0.2, -0.15) is 0 Å². The molecule has 0 aliphatic heterocycles. The highest BCUT2D eigenvalue weighted by Crippen LogP contribution is 2.28. The van der Waals surface area contributed by atoms with Crippen molar-refractivity contribution in [2.45, 2.75) is 11.8 Å². The predicted molar refractivity (Wildman–Crippen MR) is 103 cm³/mol. The summed E-state index contributed by atoms with van der Waals surface area (Å²) in [5, 5.41) is 10.1. The van der Waals surface area contributed by atoms with E-state index in [0.29, 0.717) is 50.0 Å². The van der Waals surface area contributed by atoms with Gasteiger partial charge in [0.2, 0.25) is 0 Å². The molecule has 5 nitrogen and oxygen atoms in total. The molecular weight excluding hydrogens is 419 g/mol. The number of hydrogen-bond acceptors (Lipinski definition) is 6. The van der Waals surface area contributed by atoms with Gasteiger partial charge in [0.15, 0.2) is 6.61 Å². The van der Waals surface area contributed by atoms with E-state index in [1.54, 1.807) is 42.5 Å². The van der Waals surface area contributed by atoms with Crippen LogP contribution in [0.25, 0.3) is 0 Å². The summed E-state index contributed by atoms with van der Waals surface area (Å²) >= 11 is 19.2. The Balaban J connectivity index is 1.42. The van der Waals surface area contributed by atoms with E-state index in [4.69, 9.17) is 48.7 Å². The molecule has 0 N–H and O–H groups in total. The van der Waals surface area contributed by atoms with Gasteiger partial charge in [0, 0.05) is 21.9 Å². The van der Waals surface area contributed by atoms with Gasteiger partial charge in [0.05, 0.1) is 11.6 Å². The van der Waals surface area contributed by atoms with Crippen molar-refractivity contribution in [3.8, 4) is 11.5 Å². The minimum absolute atomic E-state index is 0.184. The maximum atomic E-state index is 6.04. The van der Waals surface area contributed by atoms with Crippen LogP contribution in [0.4, 0.5) is 0 Å². The second-order valence-corrected chi connectivity index (χ2v) is 7.30. The van der Waals surface area contributed by atoms with Gasteiger partial charge >= 0.3 is 0 Å². The number of rotatable bonds is 8. The number of halogens is 3. The SMILES string of the molecule is Clc1ccc(OCc2nnc(SCCOc3cc(Cl)ccc3Cl)o2)cc1. The average molecular weight is 432 g/mol. The molecule has 0 saturated carbocycles. The highest BCUT2D eigenvalue weighted by Gasteiger charge is 2.08. The van der Waals surface area contributed by atoms with Crippen molar-refractivity contribution in [1.82, 2.24) is 10.2 Å². The average Bonchev–Trinajstić information content (AvgIpc) is 3.09. The molecule has 26 heavy (non-hydrogen) atoms. The second-order valence-electron chi connectivity index (χ2n) is 4.98. The van der Waals surface area contributed by atoms with Gasteiger partial charge in [0.1, 0.15) is 11.5 Å². The first-order chi connectivity index (χ1) is 12.6. The zero-order valence-electron chi connectivity index (χ0n) is 13.3. The van der Waals surface area contributed by atoms with E-state index in [-0.39, 0.29) is 6.61 Å².